The number of amides is 1. The lowest BCUT2D eigenvalue weighted by atomic mass is 10.3. The number of sulfone groups is 1. The molecule has 0 saturated heterocycles. The van der Waals surface area contributed by atoms with Gasteiger partial charge in [0.05, 0.1) is 11.4 Å². The molecule has 102 valence electrons. The number of hydrogen-bond donors (Lipinski definition) is 2. The number of rotatable bonds is 4. The largest absolute Gasteiger partial charge is 0.396 e. The van der Waals surface area contributed by atoms with Crippen molar-refractivity contribution in [1.82, 2.24) is 4.90 Å². The molecule has 0 radical (unpaired) electrons. The predicted octanol–water partition coefficient (Wildman–Crippen LogP) is 0.867. The van der Waals surface area contributed by atoms with Crippen LogP contribution < -0.4 is 11.1 Å². The van der Waals surface area contributed by atoms with E-state index in [0.717, 1.165) is 11.3 Å². The number of hydrogen-bond acceptors (Lipinski definition) is 6. The average Bonchev–Trinajstić information content (AvgIpc) is 2.65. The highest BCUT2D eigenvalue weighted by atomic mass is 32.2. The van der Waals surface area contributed by atoms with Gasteiger partial charge in [0.15, 0.2) is 9.84 Å². The number of nitrogens with zero attached hydrogens (tertiary/aromatic N) is 1. The summed E-state index contributed by atoms with van der Waals surface area (Å²) in [7, 11) is 1.33. The van der Waals surface area contributed by atoms with E-state index in [1.807, 2.05) is 0 Å². The molecule has 0 aliphatic rings. The smallest absolute Gasteiger partial charge is 0.265 e. The van der Waals surface area contributed by atoms with Crippen LogP contribution in [-0.2, 0) is 9.84 Å². The molecule has 3 N–H and O–H groups in total. The molecule has 1 rings (SSSR count). The highest BCUT2D eigenvalue weighted by Gasteiger charge is 2.28. The van der Waals surface area contributed by atoms with E-state index in [0.29, 0.717) is 5.00 Å². The zero-order chi connectivity index (χ0) is 14.1. The molecule has 1 aromatic heterocycles. The highest BCUT2D eigenvalue weighted by molar-refractivity contribution is 7.91. The molecule has 0 aromatic carbocycles. The molecule has 1 aromatic rings. The van der Waals surface area contributed by atoms with Crippen molar-refractivity contribution in [3.63, 3.8) is 0 Å². The fourth-order valence-corrected chi connectivity index (χ4v) is 4.08. The Hall–Kier alpha value is -1.28. The van der Waals surface area contributed by atoms with Gasteiger partial charge in [-0.15, -0.1) is 11.3 Å². The summed E-state index contributed by atoms with van der Waals surface area (Å²) in [6, 6.07) is 0. The van der Waals surface area contributed by atoms with Crippen molar-refractivity contribution in [2.45, 2.75) is 11.8 Å². The lowest BCUT2D eigenvalue weighted by Gasteiger charge is -2.09. The summed E-state index contributed by atoms with van der Waals surface area (Å²) in [4.78, 5) is 13.5. The van der Waals surface area contributed by atoms with Crippen LogP contribution in [-0.4, -0.2) is 46.1 Å². The topological polar surface area (TPSA) is 92.5 Å². The van der Waals surface area contributed by atoms with Gasteiger partial charge >= 0.3 is 0 Å². The monoisotopic (exact) mass is 291 g/mol. The maximum Gasteiger partial charge on any atom is 0.265 e. The molecule has 1 heterocycles. The molecule has 0 aliphatic carbocycles. The molecular weight excluding hydrogens is 274 g/mol. The van der Waals surface area contributed by atoms with Gasteiger partial charge in [0.25, 0.3) is 5.91 Å². The highest BCUT2D eigenvalue weighted by Crippen LogP contribution is 2.39. The van der Waals surface area contributed by atoms with E-state index in [4.69, 9.17) is 5.73 Å². The SMILES string of the molecule is CCS(=O)(=O)c1c(NC)sc(C(=O)N(C)C)c1N. The van der Waals surface area contributed by atoms with Crippen molar-refractivity contribution in [3.05, 3.63) is 4.88 Å². The summed E-state index contributed by atoms with van der Waals surface area (Å²) in [5.74, 6) is -0.357. The minimum Gasteiger partial charge on any atom is -0.396 e. The molecule has 0 atom stereocenters. The number of nitrogens with one attached hydrogen (secondary N) is 1. The van der Waals surface area contributed by atoms with E-state index in [1.54, 1.807) is 28.1 Å². The number of thiophene rings is 1. The number of nitrogen functional groups attached to an aromatic ring is 1. The molecular formula is C10H17N3O3S2. The number of carbonyl (C=O) groups is 1. The normalized spacial score (nSPS) is 11.3. The minimum absolute atomic E-state index is 0.0303. The summed E-state index contributed by atoms with van der Waals surface area (Å²) in [5, 5.41) is 3.18. The Labute approximate surface area is 111 Å². The van der Waals surface area contributed by atoms with Crippen LogP contribution in [0.1, 0.15) is 16.6 Å². The summed E-state index contributed by atoms with van der Waals surface area (Å²) in [6.45, 7) is 1.54. The van der Waals surface area contributed by atoms with Gasteiger partial charge in [0.2, 0.25) is 0 Å². The van der Waals surface area contributed by atoms with Gasteiger partial charge in [-0.3, -0.25) is 4.79 Å². The maximum atomic E-state index is 12.0. The van der Waals surface area contributed by atoms with Crippen LogP contribution in [0, 0.1) is 0 Å². The Morgan fingerprint density at radius 3 is 2.39 bits per heavy atom. The third-order valence-corrected chi connectivity index (χ3v) is 5.56. The second kappa shape index (κ2) is 5.15. The van der Waals surface area contributed by atoms with Crippen molar-refractivity contribution >= 4 is 37.8 Å². The van der Waals surface area contributed by atoms with E-state index in [9.17, 15) is 13.2 Å². The van der Waals surface area contributed by atoms with Gasteiger partial charge < -0.3 is 16.0 Å². The summed E-state index contributed by atoms with van der Waals surface area (Å²) >= 11 is 1.06. The van der Waals surface area contributed by atoms with E-state index >= 15 is 0 Å². The van der Waals surface area contributed by atoms with Crippen LogP contribution in [0.3, 0.4) is 0 Å². The maximum absolute atomic E-state index is 12.0. The fraction of sp³-hybridized carbons (Fsp3) is 0.500. The quantitative estimate of drug-likeness (QED) is 0.858. The van der Waals surface area contributed by atoms with E-state index in [-0.39, 0.29) is 27.1 Å². The zero-order valence-electron chi connectivity index (χ0n) is 10.8. The average molecular weight is 291 g/mol. The van der Waals surface area contributed by atoms with E-state index < -0.39 is 9.84 Å². The molecule has 6 nitrogen and oxygen atoms in total. The van der Waals surface area contributed by atoms with Crippen molar-refractivity contribution < 1.29 is 13.2 Å². The lowest BCUT2D eigenvalue weighted by Crippen LogP contribution is -2.21. The van der Waals surface area contributed by atoms with Crippen molar-refractivity contribution in [2.24, 2.45) is 0 Å². The molecule has 8 heteroatoms. The Balaban J connectivity index is 3.51. The summed E-state index contributed by atoms with van der Waals surface area (Å²) < 4.78 is 23.9. The molecule has 0 bridgehead atoms. The lowest BCUT2D eigenvalue weighted by molar-refractivity contribution is 0.0833. The second-order valence-electron chi connectivity index (χ2n) is 3.86. The Kier molecular flexibility index (Phi) is 4.23. The molecule has 0 aliphatic heterocycles. The first kappa shape index (κ1) is 14.8. The van der Waals surface area contributed by atoms with Gasteiger partial charge in [-0.25, -0.2) is 8.42 Å². The van der Waals surface area contributed by atoms with Crippen LogP contribution in [0.4, 0.5) is 10.7 Å². The fourth-order valence-electron chi connectivity index (χ4n) is 1.41. The van der Waals surface area contributed by atoms with Crippen LogP contribution in [0.2, 0.25) is 0 Å². The van der Waals surface area contributed by atoms with Crippen molar-refractivity contribution in [2.75, 3.05) is 37.9 Å². The number of carbonyl (C=O) groups excluding carboxylic acids is 1. The minimum atomic E-state index is -3.46. The molecule has 0 saturated carbocycles. The Bertz CT molecular complexity index is 561. The van der Waals surface area contributed by atoms with Gasteiger partial charge in [-0.05, 0) is 0 Å². The summed E-state index contributed by atoms with van der Waals surface area (Å²) in [5.41, 5.74) is 5.86. The molecule has 0 spiro atoms. The zero-order valence-corrected chi connectivity index (χ0v) is 12.4. The van der Waals surface area contributed by atoms with Crippen LogP contribution in [0.5, 0.6) is 0 Å². The van der Waals surface area contributed by atoms with Gasteiger partial charge in [-0.2, -0.15) is 0 Å². The molecule has 1 amide bonds. The number of anilines is 2. The van der Waals surface area contributed by atoms with Crippen LogP contribution >= 0.6 is 11.3 Å². The molecule has 18 heavy (non-hydrogen) atoms. The van der Waals surface area contributed by atoms with Gasteiger partial charge in [-0.1, -0.05) is 6.92 Å². The summed E-state index contributed by atoms with van der Waals surface area (Å²) in [6.07, 6.45) is 0. The third-order valence-electron chi connectivity index (χ3n) is 2.42. The first-order valence-corrected chi connectivity index (χ1v) is 7.77. The van der Waals surface area contributed by atoms with Crippen molar-refractivity contribution in [1.29, 1.82) is 0 Å². The van der Waals surface area contributed by atoms with Gasteiger partial charge in [0.1, 0.15) is 14.8 Å². The first-order valence-electron chi connectivity index (χ1n) is 5.30. The van der Waals surface area contributed by atoms with Crippen molar-refractivity contribution in [3.8, 4) is 0 Å². The predicted molar refractivity (Wildman–Crippen MR) is 74.0 cm³/mol. The van der Waals surface area contributed by atoms with E-state index in [2.05, 4.69) is 5.32 Å². The standard InChI is InChI=1S/C10H17N3O3S2/c1-5-18(15,16)8-6(11)7(10(14)13(3)4)17-9(8)12-2/h12H,5,11H2,1-4H3. The second-order valence-corrected chi connectivity index (χ2v) is 7.09. The van der Waals surface area contributed by atoms with E-state index in [1.165, 1.54) is 4.90 Å². The Morgan fingerprint density at radius 1 is 1.44 bits per heavy atom. The molecule has 0 unspecified atom stereocenters. The van der Waals surface area contributed by atoms with Gasteiger partial charge in [0, 0.05) is 21.1 Å². The molecule has 0 fully saturated rings. The third kappa shape index (κ3) is 2.44. The van der Waals surface area contributed by atoms with Crippen LogP contribution in [0.25, 0.3) is 0 Å². The first-order chi connectivity index (χ1) is 8.26. The number of nitrogens with two attached hydrogens (primary N) is 1. The Morgan fingerprint density at radius 2 is 2.00 bits per heavy atom. The van der Waals surface area contributed by atoms with Crippen LogP contribution in [0.15, 0.2) is 4.90 Å².